The molecule has 0 aliphatic carbocycles. The van der Waals surface area contributed by atoms with E-state index in [9.17, 15) is 23.7 Å². The monoisotopic (exact) mass is 524 g/mol. The molecule has 0 amide bonds. The maximum Gasteiger partial charge on any atom is 0.267 e. The zero-order valence-corrected chi connectivity index (χ0v) is 23.5. The van der Waals surface area contributed by atoms with E-state index < -0.39 is 22.0 Å². The lowest BCUT2D eigenvalue weighted by atomic mass is 10.0. The number of rotatable bonds is 27. The fourth-order valence-corrected chi connectivity index (χ4v) is 5.72. The Morgan fingerprint density at radius 3 is 1.26 bits per heavy atom. The van der Waals surface area contributed by atoms with Crippen LogP contribution in [0.1, 0.15) is 122 Å². The van der Waals surface area contributed by atoms with Gasteiger partial charge in [-0.25, -0.2) is 0 Å². The summed E-state index contributed by atoms with van der Waals surface area (Å²) in [5.74, 6) is -0.719. The molecule has 0 saturated carbocycles. The highest BCUT2D eigenvalue weighted by Gasteiger charge is 2.31. The first-order chi connectivity index (χ1) is 16.8. The van der Waals surface area contributed by atoms with Crippen LogP contribution in [0.25, 0.3) is 0 Å². The number of unbranched alkanes of at least 4 members (excludes halogenated alkanes) is 17. The molecule has 0 aromatic heterocycles. The number of nitrogens with zero attached hydrogens (tertiary/aromatic N) is 1. The molecule has 1 atom stereocenters. The molecule has 7 nitrogen and oxygen atoms in total. The van der Waals surface area contributed by atoms with Crippen molar-refractivity contribution in [3.63, 3.8) is 0 Å². The van der Waals surface area contributed by atoms with Crippen LogP contribution in [0.3, 0.4) is 0 Å². The Morgan fingerprint density at radius 2 is 0.943 bits per heavy atom. The molecule has 0 aromatic rings. The van der Waals surface area contributed by atoms with Gasteiger partial charge in [-0.15, -0.1) is 0 Å². The second kappa shape index (κ2) is 22.9. The fourth-order valence-electron chi connectivity index (χ4n) is 5.13. The normalized spacial score (nSPS) is 13.4. The van der Waals surface area contributed by atoms with Gasteiger partial charge < -0.3 is 19.8 Å². The van der Waals surface area contributed by atoms with Gasteiger partial charge in [0.1, 0.15) is 31.5 Å². The lowest BCUT2D eigenvalue weighted by Gasteiger charge is -2.39. The van der Waals surface area contributed by atoms with Crippen molar-refractivity contribution < 1.29 is 32.8 Å². The summed E-state index contributed by atoms with van der Waals surface area (Å²) in [5, 5.41) is 29.1. The van der Waals surface area contributed by atoms with Crippen molar-refractivity contribution in [2.45, 2.75) is 129 Å². The Labute approximate surface area is 216 Å². The summed E-state index contributed by atoms with van der Waals surface area (Å²) in [6.45, 7) is 3.53. The van der Waals surface area contributed by atoms with Gasteiger partial charge in [0.15, 0.2) is 0 Å². The van der Waals surface area contributed by atoms with Gasteiger partial charge in [-0.3, -0.25) is 4.55 Å². The third-order valence-corrected chi connectivity index (χ3v) is 7.94. The first-order valence-electron chi connectivity index (χ1n) is 14.5. The lowest BCUT2D eigenvalue weighted by molar-refractivity contribution is -0.931. The van der Waals surface area contributed by atoms with E-state index in [4.69, 9.17) is 4.55 Å². The number of aliphatic hydroxyl groups is 3. The smallest absolute Gasteiger partial charge is 0.267 e. The van der Waals surface area contributed by atoms with E-state index in [1.807, 2.05) is 0 Å². The quantitative estimate of drug-likeness (QED) is 0.0677. The second-order valence-corrected chi connectivity index (χ2v) is 12.1. The van der Waals surface area contributed by atoms with E-state index in [0.29, 0.717) is 19.6 Å². The fraction of sp³-hybridized carbons (Fsp3) is 1.00. The molecule has 0 aliphatic heterocycles. The van der Waals surface area contributed by atoms with Crippen molar-refractivity contribution in [3.8, 4) is 0 Å². The molecule has 1 unspecified atom stereocenters. The maximum atomic E-state index is 11.1. The minimum atomic E-state index is -4.26. The maximum absolute atomic E-state index is 11.1. The van der Waals surface area contributed by atoms with Gasteiger partial charge in [-0.05, 0) is 12.8 Å². The number of aliphatic hydroxyl groups excluding tert-OH is 3. The molecule has 0 bridgehead atoms. The summed E-state index contributed by atoms with van der Waals surface area (Å²) in [6, 6.07) is 0. The van der Waals surface area contributed by atoms with Crippen molar-refractivity contribution in [2.24, 2.45) is 0 Å². The van der Waals surface area contributed by atoms with Crippen LogP contribution in [0, 0.1) is 0 Å². The van der Waals surface area contributed by atoms with E-state index >= 15 is 0 Å². The topological polar surface area (TPSA) is 115 Å². The Morgan fingerprint density at radius 1 is 0.600 bits per heavy atom. The molecule has 0 rings (SSSR count). The zero-order chi connectivity index (χ0) is 26.3. The molecular formula is C27H58NO6S+. The van der Waals surface area contributed by atoms with Crippen molar-refractivity contribution in [2.75, 3.05) is 45.1 Å². The molecule has 35 heavy (non-hydrogen) atoms. The minimum Gasteiger partial charge on any atom is -0.391 e. The highest BCUT2D eigenvalue weighted by Crippen LogP contribution is 2.16. The molecule has 0 saturated heterocycles. The molecule has 0 heterocycles. The van der Waals surface area contributed by atoms with Crippen molar-refractivity contribution in [1.82, 2.24) is 0 Å². The second-order valence-electron chi connectivity index (χ2n) is 10.6. The zero-order valence-electron chi connectivity index (χ0n) is 22.7. The number of hydrogen-bond acceptors (Lipinski definition) is 5. The van der Waals surface area contributed by atoms with Gasteiger partial charge >= 0.3 is 0 Å². The van der Waals surface area contributed by atoms with Gasteiger partial charge in [-0.1, -0.05) is 110 Å². The SMILES string of the molecule is CCCCCCCCCCCCCCCCCCCC[N+](CCO)(CCO)CC(O)CS(=O)(=O)O. The molecule has 0 aliphatic rings. The van der Waals surface area contributed by atoms with Gasteiger partial charge in [0.2, 0.25) is 0 Å². The number of quaternary nitrogens is 1. The van der Waals surface area contributed by atoms with Crippen LogP contribution in [0.5, 0.6) is 0 Å². The predicted octanol–water partition coefficient (Wildman–Crippen LogP) is 5.08. The molecule has 212 valence electrons. The van der Waals surface area contributed by atoms with E-state index in [1.54, 1.807) is 0 Å². The largest absolute Gasteiger partial charge is 0.391 e. The predicted molar refractivity (Wildman–Crippen MR) is 145 cm³/mol. The van der Waals surface area contributed by atoms with Gasteiger partial charge in [0.25, 0.3) is 10.1 Å². The Kier molecular flexibility index (Phi) is 22.7. The van der Waals surface area contributed by atoms with Crippen LogP contribution in [0.2, 0.25) is 0 Å². The average Bonchev–Trinajstić information content (AvgIpc) is 2.77. The van der Waals surface area contributed by atoms with Gasteiger partial charge in [0.05, 0.1) is 19.8 Å². The van der Waals surface area contributed by atoms with Crippen LogP contribution in [-0.4, -0.2) is 84.0 Å². The summed E-state index contributed by atoms with van der Waals surface area (Å²) in [4.78, 5) is 0. The molecule has 0 spiro atoms. The minimum absolute atomic E-state index is 0.0971. The average molecular weight is 525 g/mol. The van der Waals surface area contributed by atoms with E-state index in [2.05, 4.69) is 6.92 Å². The molecule has 0 fully saturated rings. The highest BCUT2D eigenvalue weighted by atomic mass is 32.2. The van der Waals surface area contributed by atoms with Crippen molar-refractivity contribution >= 4 is 10.1 Å². The van der Waals surface area contributed by atoms with Gasteiger partial charge in [-0.2, -0.15) is 8.42 Å². The highest BCUT2D eigenvalue weighted by molar-refractivity contribution is 7.85. The summed E-state index contributed by atoms with van der Waals surface area (Å²) in [6.07, 6.45) is 22.2. The molecule has 4 N–H and O–H groups in total. The van der Waals surface area contributed by atoms with E-state index in [-0.39, 0.29) is 24.2 Å². The summed E-state index contributed by atoms with van der Waals surface area (Å²) < 4.78 is 31.4. The first-order valence-corrected chi connectivity index (χ1v) is 16.1. The Balaban J connectivity index is 3.82. The number of hydrogen-bond donors (Lipinski definition) is 4. The van der Waals surface area contributed by atoms with Crippen LogP contribution in [0.15, 0.2) is 0 Å². The van der Waals surface area contributed by atoms with E-state index in [0.717, 1.165) is 19.3 Å². The van der Waals surface area contributed by atoms with Crippen molar-refractivity contribution in [1.29, 1.82) is 0 Å². The summed E-state index contributed by atoms with van der Waals surface area (Å²) in [5.41, 5.74) is 0. The standard InChI is InChI=1S/C27H57NO6S/c1-2-3-4-5-6-7-8-9-10-11-12-13-14-15-16-17-18-19-20-28(21-23-29,22-24-30)25-27(31)26-35(32,33)34/h27,29-31H,2-26H2,1H3/p+1. The summed E-state index contributed by atoms with van der Waals surface area (Å²) >= 11 is 0. The molecule has 0 radical (unpaired) electrons. The molecular weight excluding hydrogens is 466 g/mol. The molecule has 8 heteroatoms. The first kappa shape index (κ1) is 34.8. The van der Waals surface area contributed by atoms with Crippen molar-refractivity contribution in [3.05, 3.63) is 0 Å². The Hall–Kier alpha value is -0.250. The van der Waals surface area contributed by atoms with Crippen LogP contribution in [0.4, 0.5) is 0 Å². The van der Waals surface area contributed by atoms with Crippen LogP contribution >= 0.6 is 0 Å². The van der Waals surface area contributed by atoms with Gasteiger partial charge in [0, 0.05) is 0 Å². The van der Waals surface area contributed by atoms with Crippen LogP contribution < -0.4 is 0 Å². The molecule has 0 aromatic carbocycles. The van der Waals surface area contributed by atoms with Crippen LogP contribution in [-0.2, 0) is 10.1 Å². The third-order valence-electron chi connectivity index (χ3n) is 7.14. The van der Waals surface area contributed by atoms with E-state index in [1.165, 1.54) is 96.3 Å². The third kappa shape index (κ3) is 22.7. The lowest BCUT2D eigenvalue weighted by Crippen LogP contribution is -2.56. The summed E-state index contributed by atoms with van der Waals surface area (Å²) in [7, 11) is -4.26. The Bertz CT molecular complexity index is 552.